The highest BCUT2D eigenvalue weighted by Gasteiger charge is 2.34. The highest BCUT2D eigenvalue weighted by atomic mass is 16.1. The quantitative estimate of drug-likeness (QED) is 0.809. The number of para-hydroxylation sites is 1. The first-order valence-corrected chi connectivity index (χ1v) is 7.26. The molecule has 0 atom stereocenters. The fourth-order valence-electron chi connectivity index (χ4n) is 3.27. The van der Waals surface area contributed by atoms with Crippen LogP contribution in [0.25, 0.3) is 5.69 Å². The van der Waals surface area contributed by atoms with E-state index >= 15 is 0 Å². The van der Waals surface area contributed by atoms with E-state index in [1.165, 1.54) is 31.4 Å². The number of benzene rings is 1. The maximum atomic E-state index is 12.8. The van der Waals surface area contributed by atoms with Crippen LogP contribution in [0.4, 0.5) is 0 Å². The summed E-state index contributed by atoms with van der Waals surface area (Å²) < 4.78 is 4.14. The molecular formula is C16H18N2O. The molecule has 1 aliphatic heterocycles. The molecule has 2 aliphatic rings. The Hall–Kier alpha value is -1.77. The molecule has 1 saturated carbocycles. The summed E-state index contributed by atoms with van der Waals surface area (Å²) in [5.74, 6) is 0.539. The fraction of sp³-hybridized carbons (Fsp3) is 0.438. The van der Waals surface area contributed by atoms with Gasteiger partial charge in [-0.2, -0.15) is 0 Å². The zero-order chi connectivity index (χ0) is 12.8. The fourth-order valence-corrected chi connectivity index (χ4v) is 3.27. The van der Waals surface area contributed by atoms with Crippen molar-refractivity contribution in [1.82, 2.24) is 9.36 Å². The van der Waals surface area contributed by atoms with Crippen LogP contribution in [-0.2, 0) is 13.0 Å². The first-order valence-electron chi connectivity index (χ1n) is 7.26. The van der Waals surface area contributed by atoms with Crippen LogP contribution in [0, 0.1) is 0 Å². The summed E-state index contributed by atoms with van der Waals surface area (Å²) in [6.07, 6.45) is 5.86. The third-order valence-corrected chi connectivity index (χ3v) is 4.31. The van der Waals surface area contributed by atoms with Gasteiger partial charge >= 0.3 is 0 Å². The van der Waals surface area contributed by atoms with Crippen molar-refractivity contribution in [2.45, 2.75) is 44.6 Å². The summed E-state index contributed by atoms with van der Waals surface area (Å²) in [6.45, 7) is 0.978. The molecule has 2 aromatic rings. The van der Waals surface area contributed by atoms with Gasteiger partial charge in [0.05, 0.1) is 5.69 Å². The highest BCUT2D eigenvalue weighted by molar-refractivity contribution is 5.36. The molecule has 0 saturated heterocycles. The Morgan fingerprint density at radius 2 is 1.84 bits per heavy atom. The van der Waals surface area contributed by atoms with Crippen molar-refractivity contribution in [3.63, 3.8) is 0 Å². The van der Waals surface area contributed by atoms with Gasteiger partial charge in [-0.3, -0.25) is 9.48 Å². The SMILES string of the molecule is O=c1c(C2CC2)c2n(n1-c1ccccc1)CCCC2. The third-order valence-electron chi connectivity index (χ3n) is 4.31. The van der Waals surface area contributed by atoms with Crippen molar-refractivity contribution in [1.29, 1.82) is 0 Å². The van der Waals surface area contributed by atoms with Crippen LogP contribution in [0.3, 0.4) is 0 Å². The number of nitrogens with zero attached hydrogens (tertiary/aromatic N) is 2. The lowest BCUT2D eigenvalue weighted by Crippen LogP contribution is -2.23. The zero-order valence-corrected chi connectivity index (χ0v) is 11.0. The Labute approximate surface area is 112 Å². The van der Waals surface area contributed by atoms with Crippen molar-refractivity contribution in [3.05, 3.63) is 51.9 Å². The topological polar surface area (TPSA) is 26.9 Å². The maximum Gasteiger partial charge on any atom is 0.275 e. The molecule has 1 fully saturated rings. The molecule has 1 aromatic heterocycles. The van der Waals surface area contributed by atoms with Gasteiger partial charge in [-0.15, -0.1) is 0 Å². The second-order valence-corrected chi connectivity index (χ2v) is 5.67. The van der Waals surface area contributed by atoms with Crippen LogP contribution in [0.5, 0.6) is 0 Å². The number of hydrogen-bond donors (Lipinski definition) is 0. The van der Waals surface area contributed by atoms with Crippen LogP contribution in [0.15, 0.2) is 35.1 Å². The Kier molecular flexibility index (Phi) is 2.40. The maximum absolute atomic E-state index is 12.8. The van der Waals surface area contributed by atoms with Crippen molar-refractivity contribution in [2.24, 2.45) is 0 Å². The van der Waals surface area contributed by atoms with E-state index in [0.29, 0.717) is 5.92 Å². The number of rotatable bonds is 2. The molecule has 4 rings (SSSR count). The smallest absolute Gasteiger partial charge is 0.275 e. The van der Waals surface area contributed by atoms with E-state index in [-0.39, 0.29) is 5.56 Å². The molecule has 98 valence electrons. The van der Waals surface area contributed by atoms with Crippen LogP contribution >= 0.6 is 0 Å². The molecule has 0 radical (unpaired) electrons. The summed E-state index contributed by atoms with van der Waals surface area (Å²) in [5.41, 5.74) is 3.65. The summed E-state index contributed by atoms with van der Waals surface area (Å²) in [7, 11) is 0. The van der Waals surface area contributed by atoms with E-state index in [1.54, 1.807) is 0 Å². The van der Waals surface area contributed by atoms with Crippen molar-refractivity contribution in [2.75, 3.05) is 0 Å². The third kappa shape index (κ3) is 1.68. The molecule has 0 unspecified atom stereocenters. The predicted octanol–water partition coefficient (Wildman–Crippen LogP) is 2.85. The minimum Gasteiger partial charge on any atom is -0.282 e. The van der Waals surface area contributed by atoms with Crippen LogP contribution < -0.4 is 5.56 Å². The predicted molar refractivity (Wildman–Crippen MR) is 74.9 cm³/mol. The first kappa shape index (κ1) is 11.1. The average Bonchev–Trinajstić information content (AvgIpc) is 3.23. The molecule has 0 bridgehead atoms. The highest BCUT2D eigenvalue weighted by Crippen LogP contribution is 2.41. The molecule has 0 amide bonds. The van der Waals surface area contributed by atoms with Crippen LogP contribution in [0.1, 0.15) is 42.9 Å². The van der Waals surface area contributed by atoms with Crippen LogP contribution in [-0.4, -0.2) is 9.36 Å². The molecule has 2 heterocycles. The molecule has 0 spiro atoms. The molecule has 19 heavy (non-hydrogen) atoms. The summed E-state index contributed by atoms with van der Waals surface area (Å²) in [4.78, 5) is 12.8. The minimum atomic E-state index is 0.227. The lowest BCUT2D eigenvalue weighted by molar-refractivity contribution is 0.447. The molecule has 1 aromatic carbocycles. The summed E-state index contributed by atoms with van der Waals surface area (Å²) >= 11 is 0. The summed E-state index contributed by atoms with van der Waals surface area (Å²) in [5, 5.41) is 0. The van der Waals surface area contributed by atoms with E-state index < -0.39 is 0 Å². The van der Waals surface area contributed by atoms with Gasteiger partial charge in [0.25, 0.3) is 5.56 Å². The number of hydrogen-bond acceptors (Lipinski definition) is 1. The normalized spacial score (nSPS) is 18.3. The van der Waals surface area contributed by atoms with Gasteiger partial charge in [-0.25, -0.2) is 4.68 Å². The van der Waals surface area contributed by atoms with Gasteiger partial charge in [-0.1, -0.05) is 18.2 Å². The molecule has 1 aliphatic carbocycles. The summed E-state index contributed by atoms with van der Waals surface area (Å²) in [6, 6.07) is 10.1. The van der Waals surface area contributed by atoms with E-state index in [1.807, 2.05) is 35.0 Å². The van der Waals surface area contributed by atoms with Crippen molar-refractivity contribution < 1.29 is 0 Å². The van der Waals surface area contributed by atoms with E-state index in [9.17, 15) is 4.79 Å². The number of fused-ring (bicyclic) bond motifs is 1. The minimum absolute atomic E-state index is 0.227. The van der Waals surface area contributed by atoms with E-state index in [2.05, 4.69) is 4.68 Å². The lowest BCUT2D eigenvalue weighted by atomic mass is 10.0. The zero-order valence-electron chi connectivity index (χ0n) is 11.0. The molecular weight excluding hydrogens is 236 g/mol. The molecule has 3 nitrogen and oxygen atoms in total. The second-order valence-electron chi connectivity index (χ2n) is 5.67. The first-order chi connectivity index (χ1) is 9.36. The Balaban J connectivity index is 1.98. The van der Waals surface area contributed by atoms with E-state index in [0.717, 1.165) is 24.2 Å². The van der Waals surface area contributed by atoms with Gasteiger partial charge in [0.1, 0.15) is 0 Å². The van der Waals surface area contributed by atoms with Gasteiger partial charge in [0.2, 0.25) is 0 Å². The number of aromatic nitrogens is 2. The van der Waals surface area contributed by atoms with Gasteiger partial charge in [0, 0.05) is 17.8 Å². The van der Waals surface area contributed by atoms with Crippen molar-refractivity contribution >= 4 is 0 Å². The standard InChI is InChI=1S/C16H18N2O/c19-16-15(12-9-10-12)14-8-4-5-11-17(14)18(16)13-6-2-1-3-7-13/h1-3,6-7,12H,4-5,8-11H2. The lowest BCUT2D eigenvalue weighted by Gasteiger charge is -2.19. The average molecular weight is 254 g/mol. The molecule has 0 N–H and O–H groups in total. The van der Waals surface area contributed by atoms with E-state index in [4.69, 9.17) is 0 Å². The van der Waals surface area contributed by atoms with Crippen LogP contribution in [0.2, 0.25) is 0 Å². The monoisotopic (exact) mass is 254 g/mol. The largest absolute Gasteiger partial charge is 0.282 e. The Morgan fingerprint density at radius 1 is 1.05 bits per heavy atom. The Morgan fingerprint density at radius 3 is 2.58 bits per heavy atom. The van der Waals surface area contributed by atoms with Gasteiger partial charge in [0.15, 0.2) is 0 Å². The second kappa shape index (κ2) is 4.12. The van der Waals surface area contributed by atoms with Gasteiger partial charge in [-0.05, 0) is 50.2 Å². The molecule has 3 heteroatoms. The Bertz CT molecular complexity index is 662. The van der Waals surface area contributed by atoms with Gasteiger partial charge < -0.3 is 0 Å². The van der Waals surface area contributed by atoms with Crippen molar-refractivity contribution in [3.8, 4) is 5.69 Å².